The number of para-hydroxylation sites is 1. The maximum absolute atomic E-state index is 12.4. The van der Waals surface area contributed by atoms with E-state index in [1.54, 1.807) is 58.8 Å². The Hall–Kier alpha value is -3.68. The van der Waals surface area contributed by atoms with Gasteiger partial charge in [0.2, 0.25) is 0 Å². The Morgan fingerprint density at radius 2 is 1.68 bits per heavy atom. The van der Waals surface area contributed by atoms with E-state index in [0.29, 0.717) is 34.3 Å². The van der Waals surface area contributed by atoms with Crippen LogP contribution >= 0.6 is 0 Å². The van der Waals surface area contributed by atoms with Gasteiger partial charge in [-0.2, -0.15) is 5.10 Å². The van der Waals surface area contributed by atoms with Gasteiger partial charge >= 0.3 is 0 Å². The number of benzene rings is 2. The molecule has 1 heterocycles. The van der Waals surface area contributed by atoms with Crippen LogP contribution in [0.15, 0.2) is 41.5 Å². The summed E-state index contributed by atoms with van der Waals surface area (Å²) >= 11 is 0. The molecule has 2 N–H and O–H groups in total. The van der Waals surface area contributed by atoms with E-state index >= 15 is 0 Å². The van der Waals surface area contributed by atoms with Gasteiger partial charge in [0.1, 0.15) is 5.69 Å². The highest BCUT2D eigenvalue weighted by molar-refractivity contribution is 5.99. The summed E-state index contributed by atoms with van der Waals surface area (Å²) in [6.45, 7) is 0. The molecule has 0 aliphatic heterocycles. The van der Waals surface area contributed by atoms with Gasteiger partial charge in [0.05, 0.1) is 34.7 Å². The monoisotopic (exact) mass is 383 g/mol. The fourth-order valence-electron chi connectivity index (χ4n) is 2.82. The van der Waals surface area contributed by atoms with Gasteiger partial charge in [0, 0.05) is 22.5 Å². The molecule has 3 aromatic rings. The first-order chi connectivity index (χ1) is 13.6. The van der Waals surface area contributed by atoms with Crippen molar-refractivity contribution in [3.63, 3.8) is 0 Å². The Morgan fingerprint density at radius 1 is 0.964 bits per heavy atom. The van der Waals surface area contributed by atoms with Crippen molar-refractivity contribution in [1.82, 2.24) is 10.4 Å². The first-order valence-corrected chi connectivity index (χ1v) is 8.40. The van der Waals surface area contributed by atoms with Crippen LogP contribution in [0.3, 0.4) is 0 Å². The number of nitrogens with zero attached hydrogens (tertiary/aromatic N) is 1. The number of methoxy groups -OCH3 is 4. The molecule has 3 rings (SSSR count). The second kappa shape index (κ2) is 8.34. The summed E-state index contributed by atoms with van der Waals surface area (Å²) in [6.07, 6.45) is 1.49. The minimum atomic E-state index is -0.382. The van der Waals surface area contributed by atoms with Crippen molar-refractivity contribution in [2.45, 2.75) is 0 Å². The maximum Gasteiger partial charge on any atom is 0.287 e. The van der Waals surface area contributed by atoms with Gasteiger partial charge in [-0.1, -0.05) is 6.07 Å². The average molecular weight is 383 g/mol. The molecule has 0 saturated carbocycles. The lowest BCUT2D eigenvalue weighted by Crippen LogP contribution is -2.17. The van der Waals surface area contributed by atoms with E-state index in [-0.39, 0.29) is 5.91 Å². The summed E-state index contributed by atoms with van der Waals surface area (Å²) in [4.78, 5) is 15.5. The summed E-state index contributed by atoms with van der Waals surface area (Å²) < 4.78 is 21.1. The quantitative estimate of drug-likeness (QED) is 0.483. The molecule has 146 valence electrons. The topological polar surface area (TPSA) is 94.2 Å². The molecule has 2 aromatic carbocycles. The molecular weight excluding hydrogens is 362 g/mol. The number of fused-ring (bicyclic) bond motifs is 1. The van der Waals surface area contributed by atoms with Crippen LogP contribution in [-0.4, -0.2) is 45.5 Å². The number of hydrogen-bond donors (Lipinski definition) is 2. The number of H-pyrrole nitrogens is 1. The standard InChI is InChI=1S/C20H21N3O5/c1-25-16-7-5-6-12(19(16)28-4)11-21-23-20(24)15-8-13-9-17(26-2)18(27-3)10-14(13)22-15/h5-11,22H,1-4H3,(H,23,24). The van der Waals surface area contributed by atoms with E-state index in [1.807, 2.05) is 6.07 Å². The fourth-order valence-corrected chi connectivity index (χ4v) is 2.82. The number of carbonyl (C=O) groups is 1. The van der Waals surface area contributed by atoms with Crippen LogP contribution in [0.4, 0.5) is 0 Å². The van der Waals surface area contributed by atoms with Crippen LogP contribution in [0.1, 0.15) is 16.1 Å². The summed E-state index contributed by atoms with van der Waals surface area (Å²) in [6, 6.07) is 10.7. The van der Waals surface area contributed by atoms with Crippen LogP contribution in [0.5, 0.6) is 23.0 Å². The molecule has 0 aliphatic rings. The number of hydrazone groups is 1. The number of aromatic nitrogens is 1. The Kier molecular flexibility index (Phi) is 5.69. The molecule has 28 heavy (non-hydrogen) atoms. The van der Waals surface area contributed by atoms with Gasteiger partial charge < -0.3 is 23.9 Å². The van der Waals surface area contributed by atoms with Gasteiger partial charge in [0.15, 0.2) is 23.0 Å². The highest BCUT2D eigenvalue weighted by atomic mass is 16.5. The lowest BCUT2D eigenvalue weighted by Gasteiger charge is -2.09. The molecule has 0 bridgehead atoms. The number of rotatable bonds is 7. The molecular formula is C20H21N3O5. The van der Waals surface area contributed by atoms with Crippen molar-refractivity contribution < 1.29 is 23.7 Å². The number of ether oxygens (including phenoxy) is 4. The number of carbonyl (C=O) groups excluding carboxylic acids is 1. The van der Waals surface area contributed by atoms with E-state index < -0.39 is 0 Å². The van der Waals surface area contributed by atoms with E-state index in [1.165, 1.54) is 6.21 Å². The van der Waals surface area contributed by atoms with Gasteiger partial charge in [-0.3, -0.25) is 4.79 Å². The minimum Gasteiger partial charge on any atom is -0.493 e. The van der Waals surface area contributed by atoms with E-state index in [0.717, 1.165) is 10.9 Å². The van der Waals surface area contributed by atoms with Crippen molar-refractivity contribution in [1.29, 1.82) is 0 Å². The summed E-state index contributed by atoms with van der Waals surface area (Å²) in [5, 5.41) is 4.83. The molecule has 0 saturated heterocycles. The van der Waals surface area contributed by atoms with Crippen LogP contribution in [0.2, 0.25) is 0 Å². The zero-order chi connectivity index (χ0) is 20.1. The van der Waals surface area contributed by atoms with Crippen LogP contribution in [0.25, 0.3) is 10.9 Å². The molecule has 0 spiro atoms. The Bertz CT molecular complexity index is 985. The predicted molar refractivity (Wildman–Crippen MR) is 106 cm³/mol. The van der Waals surface area contributed by atoms with Crippen LogP contribution < -0.4 is 24.4 Å². The molecule has 8 heteroatoms. The average Bonchev–Trinajstić information content (AvgIpc) is 3.15. The SMILES string of the molecule is COc1cc2cc(C(=O)NN=Cc3cccc(OC)c3OC)[nH]c2cc1OC. The smallest absolute Gasteiger partial charge is 0.287 e. The minimum absolute atomic E-state index is 0.361. The predicted octanol–water partition coefficient (Wildman–Crippen LogP) is 2.97. The molecule has 1 amide bonds. The molecule has 8 nitrogen and oxygen atoms in total. The Labute approximate surface area is 162 Å². The first kappa shape index (κ1) is 19.1. The normalized spacial score (nSPS) is 10.9. The lowest BCUT2D eigenvalue weighted by atomic mass is 10.2. The number of hydrogen-bond acceptors (Lipinski definition) is 6. The van der Waals surface area contributed by atoms with E-state index in [4.69, 9.17) is 18.9 Å². The third-order valence-electron chi connectivity index (χ3n) is 4.17. The van der Waals surface area contributed by atoms with Crippen molar-refractivity contribution in [3.05, 3.63) is 47.7 Å². The fraction of sp³-hybridized carbons (Fsp3) is 0.200. The van der Waals surface area contributed by atoms with Crippen molar-refractivity contribution in [2.75, 3.05) is 28.4 Å². The summed E-state index contributed by atoms with van der Waals surface area (Å²) in [7, 11) is 6.22. The Morgan fingerprint density at radius 3 is 2.36 bits per heavy atom. The van der Waals surface area contributed by atoms with Gasteiger partial charge in [-0.05, 0) is 24.3 Å². The number of aromatic amines is 1. The molecule has 0 unspecified atom stereocenters. The largest absolute Gasteiger partial charge is 0.493 e. The highest BCUT2D eigenvalue weighted by Gasteiger charge is 2.13. The van der Waals surface area contributed by atoms with Crippen molar-refractivity contribution in [2.24, 2.45) is 5.10 Å². The van der Waals surface area contributed by atoms with Crippen molar-refractivity contribution in [3.8, 4) is 23.0 Å². The molecule has 1 aromatic heterocycles. The second-order valence-corrected chi connectivity index (χ2v) is 5.76. The molecule has 0 atom stereocenters. The zero-order valence-electron chi connectivity index (χ0n) is 16.0. The first-order valence-electron chi connectivity index (χ1n) is 8.40. The van der Waals surface area contributed by atoms with Gasteiger partial charge in [0.25, 0.3) is 5.91 Å². The lowest BCUT2D eigenvalue weighted by molar-refractivity contribution is 0.0951. The van der Waals surface area contributed by atoms with E-state index in [9.17, 15) is 4.79 Å². The molecule has 0 fully saturated rings. The second-order valence-electron chi connectivity index (χ2n) is 5.76. The third-order valence-corrected chi connectivity index (χ3v) is 4.17. The summed E-state index contributed by atoms with van der Waals surface area (Å²) in [5.74, 6) is 1.90. The number of amides is 1. The summed E-state index contributed by atoms with van der Waals surface area (Å²) in [5.41, 5.74) is 4.28. The van der Waals surface area contributed by atoms with Gasteiger partial charge in [-0.15, -0.1) is 0 Å². The van der Waals surface area contributed by atoms with Crippen LogP contribution in [0, 0.1) is 0 Å². The molecule has 0 radical (unpaired) electrons. The maximum atomic E-state index is 12.4. The highest BCUT2D eigenvalue weighted by Crippen LogP contribution is 2.32. The number of nitrogens with one attached hydrogen (secondary N) is 2. The van der Waals surface area contributed by atoms with Gasteiger partial charge in [-0.25, -0.2) is 5.43 Å². The third kappa shape index (κ3) is 3.71. The van der Waals surface area contributed by atoms with Crippen molar-refractivity contribution >= 4 is 23.0 Å². The van der Waals surface area contributed by atoms with Crippen LogP contribution in [-0.2, 0) is 0 Å². The Balaban J connectivity index is 1.79. The van der Waals surface area contributed by atoms with E-state index in [2.05, 4.69) is 15.5 Å². The zero-order valence-corrected chi connectivity index (χ0v) is 16.0. The molecule has 0 aliphatic carbocycles.